The molecule has 7 nitrogen and oxygen atoms in total. The van der Waals surface area contributed by atoms with Gasteiger partial charge < -0.3 is 10.1 Å². The molecule has 3 aromatic rings. The fourth-order valence-corrected chi connectivity index (χ4v) is 5.00. The normalized spacial score (nSPS) is 14.3. The van der Waals surface area contributed by atoms with Crippen LogP contribution in [-0.2, 0) is 10.0 Å². The molecule has 2 aromatic carbocycles. The van der Waals surface area contributed by atoms with Gasteiger partial charge in [0.25, 0.3) is 5.91 Å². The molecule has 0 saturated carbocycles. The highest BCUT2D eigenvalue weighted by Crippen LogP contribution is 2.26. The molecule has 1 saturated heterocycles. The third-order valence-electron chi connectivity index (χ3n) is 4.92. The largest absolute Gasteiger partial charge is 0.439 e. The molecule has 4 rings (SSSR count). The van der Waals surface area contributed by atoms with Crippen molar-refractivity contribution in [2.24, 2.45) is 0 Å². The third kappa shape index (κ3) is 4.90. The average Bonchev–Trinajstić information content (AvgIpc) is 3.33. The van der Waals surface area contributed by atoms with Crippen LogP contribution in [0.3, 0.4) is 0 Å². The first-order chi connectivity index (χ1) is 15.3. The van der Waals surface area contributed by atoms with E-state index in [1.165, 1.54) is 59.0 Å². The molecular weight excluding hydrogens is 457 g/mol. The minimum Gasteiger partial charge on any atom is -0.439 e. The summed E-state index contributed by atoms with van der Waals surface area (Å²) in [5.41, 5.74) is 0.406. The van der Waals surface area contributed by atoms with E-state index in [1.807, 2.05) is 0 Å². The number of aromatic nitrogens is 1. The van der Waals surface area contributed by atoms with Crippen LogP contribution in [0.2, 0.25) is 5.02 Å². The van der Waals surface area contributed by atoms with Crippen molar-refractivity contribution < 1.29 is 22.3 Å². The number of hydrogen-bond donors (Lipinski definition) is 1. The minimum atomic E-state index is -3.68. The van der Waals surface area contributed by atoms with Crippen LogP contribution in [0.1, 0.15) is 23.2 Å². The Kier molecular flexibility index (Phi) is 6.40. The maximum absolute atomic E-state index is 13.0. The molecule has 0 unspecified atom stereocenters. The maximum atomic E-state index is 13.0. The van der Waals surface area contributed by atoms with E-state index >= 15 is 0 Å². The molecule has 1 N–H and O–H groups in total. The minimum absolute atomic E-state index is 0.0233. The van der Waals surface area contributed by atoms with E-state index in [4.69, 9.17) is 16.3 Å². The zero-order valence-corrected chi connectivity index (χ0v) is 18.4. The SMILES string of the molecule is O=C(Nc1ccc(Oc2ccc(F)cc2)nc1)c1cc(S(=O)(=O)N2CCCC2)ccc1Cl. The molecule has 1 amide bonds. The molecule has 1 aliphatic heterocycles. The molecule has 166 valence electrons. The Labute approximate surface area is 189 Å². The summed E-state index contributed by atoms with van der Waals surface area (Å²) < 4.78 is 45.5. The number of benzene rings is 2. The summed E-state index contributed by atoms with van der Waals surface area (Å²) in [6.07, 6.45) is 3.01. The lowest BCUT2D eigenvalue weighted by molar-refractivity contribution is 0.102. The van der Waals surface area contributed by atoms with Crippen molar-refractivity contribution in [2.45, 2.75) is 17.7 Å². The zero-order chi connectivity index (χ0) is 22.7. The molecule has 2 heterocycles. The monoisotopic (exact) mass is 475 g/mol. The second kappa shape index (κ2) is 9.23. The van der Waals surface area contributed by atoms with Gasteiger partial charge in [0.05, 0.1) is 27.4 Å². The molecule has 1 fully saturated rings. The lowest BCUT2D eigenvalue weighted by atomic mass is 10.2. The number of anilines is 1. The van der Waals surface area contributed by atoms with Crippen LogP contribution in [0.5, 0.6) is 11.6 Å². The number of nitrogens with zero attached hydrogens (tertiary/aromatic N) is 2. The summed E-state index contributed by atoms with van der Waals surface area (Å²) in [6, 6.07) is 12.7. The number of rotatable bonds is 6. The van der Waals surface area contributed by atoms with Gasteiger partial charge in [-0.25, -0.2) is 17.8 Å². The topological polar surface area (TPSA) is 88.6 Å². The summed E-state index contributed by atoms with van der Waals surface area (Å²) in [4.78, 5) is 16.9. The van der Waals surface area contributed by atoms with Gasteiger partial charge in [-0.1, -0.05) is 11.6 Å². The van der Waals surface area contributed by atoms with E-state index < -0.39 is 15.9 Å². The number of halogens is 2. The van der Waals surface area contributed by atoms with Crippen LogP contribution in [0.15, 0.2) is 65.7 Å². The Bertz CT molecular complexity index is 1230. The quantitative estimate of drug-likeness (QED) is 0.558. The number of nitrogens with one attached hydrogen (secondary N) is 1. The number of sulfonamides is 1. The standard InChI is InChI=1S/C22H19ClFN3O4S/c23-20-9-8-18(32(29,30)27-11-1-2-12-27)13-19(20)22(28)26-16-5-10-21(25-14-16)31-17-6-3-15(24)4-7-17/h3-10,13-14H,1-2,11-12H2,(H,26,28). The Morgan fingerprint density at radius 3 is 2.44 bits per heavy atom. The molecule has 0 radical (unpaired) electrons. The molecular formula is C22H19ClFN3O4S. The van der Waals surface area contributed by atoms with Gasteiger partial charge in [0.15, 0.2) is 0 Å². The van der Waals surface area contributed by atoms with Crippen LogP contribution < -0.4 is 10.1 Å². The summed E-state index contributed by atoms with van der Waals surface area (Å²) >= 11 is 6.16. The highest BCUT2D eigenvalue weighted by Gasteiger charge is 2.28. The van der Waals surface area contributed by atoms with E-state index in [9.17, 15) is 17.6 Å². The smallest absolute Gasteiger partial charge is 0.257 e. The summed E-state index contributed by atoms with van der Waals surface area (Å²) in [5.74, 6) is -0.272. The van der Waals surface area contributed by atoms with E-state index in [0.717, 1.165) is 12.8 Å². The first kappa shape index (κ1) is 22.2. The lowest BCUT2D eigenvalue weighted by Gasteiger charge is -2.16. The predicted octanol–water partition coefficient (Wildman–Crippen LogP) is 4.70. The van der Waals surface area contributed by atoms with Crippen LogP contribution in [-0.4, -0.2) is 36.7 Å². The maximum Gasteiger partial charge on any atom is 0.257 e. The molecule has 0 bridgehead atoms. The molecule has 0 aliphatic carbocycles. The van der Waals surface area contributed by atoms with Gasteiger partial charge >= 0.3 is 0 Å². The van der Waals surface area contributed by atoms with Crippen molar-refractivity contribution in [3.8, 4) is 11.6 Å². The molecule has 1 aromatic heterocycles. The third-order valence-corrected chi connectivity index (χ3v) is 7.14. The number of hydrogen-bond acceptors (Lipinski definition) is 5. The lowest BCUT2D eigenvalue weighted by Crippen LogP contribution is -2.28. The van der Waals surface area contributed by atoms with Gasteiger partial charge in [0.1, 0.15) is 11.6 Å². The van der Waals surface area contributed by atoms with Crippen LogP contribution in [0, 0.1) is 5.82 Å². The Morgan fingerprint density at radius 1 is 1.06 bits per heavy atom. The number of carbonyl (C=O) groups is 1. The van der Waals surface area contributed by atoms with Gasteiger partial charge in [-0.2, -0.15) is 4.31 Å². The van der Waals surface area contributed by atoms with Gasteiger partial charge in [-0.3, -0.25) is 4.79 Å². The predicted molar refractivity (Wildman–Crippen MR) is 118 cm³/mol. The Hall–Kier alpha value is -3.01. The molecule has 32 heavy (non-hydrogen) atoms. The van der Waals surface area contributed by atoms with E-state index in [-0.39, 0.29) is 27.2 Å². The van der Waals surface area contributed by atoms with Gasteiger partial charge in [0, 0.05) is 19.2 Å². The van der Waals surface area contributed by atoms with Crippen molar-refractivity contribution in [3.63, 3.8) is 0 Å². The average molecular weight is 476 g/mol. The van der Waals surface area contributed by atoms with Crippen molar-refractivity contribution in [1.82, 2.24) is 9.29 Å². The highest BCUT2D eigenvalue weighted by atomic mass is 35.5. The second-order valence-electron chi connectivity index (χ2n) is 7.15. The van der Waals surface area contributed by atoms with Gasteiger partial charge in [-0.05, 0) is 61.4 Å². The van der Waals surface area contributed by atoms with Crippen molar-refractivity contribution in [1.29, 1.82) is 0 Å². The van der Waals surface area contributed by atoms with Gasteiger partial charge in [0.2, 0.25) is 15.9 Å². The Balaban J connectivity index is 1.48. The van der Waals surface area contributed by atoms with E-state index in [0.29, 0.717) is 24.5 Å². The number of carbonyl (C=O) groups excluding carboxylic acids is 1. The van der Waals surface area contributed by atoms with Gasteiger partial charge in [-0.15, -0.1) is 0 Å². The molecule has 10 heteroatoms. The summed E-state index contributed by atoms with van der Waals surface area (Å²) in [7, 11) is -3.68. The fraction of sp³-hybridized carbons (Fsp3) is 0.182. The Morgan fingerprint density at radius 2 is 1.78 bits per heavy atom. The van der Waals surface area contributed by atoms with Crippen LogP contribution >= 0.6 is 11.6 Å². The van der Waals surface area contributed by atoms with Crippen molar-refractivity contribution >= 4 is 33.2 Å². The van der Waals surface area contributed by atoms with E-state index in [1.54, 1.807) is 6.07 Å². The molecule has 0 spiro atoms. The first-order valence-electron chi connectivity index (χ1n) is 9.83. The van der Waals surface area contributed by atoms with Crippen LogP contribution in [0.4, 0.5) is 10.1 Å². The number of pyridine rings is 1. The zero-order valence-electron chi connectivity index (χ0n) is 16.8. The van der Waals surface area contributed by atoms with Crippen LogP contribution in [0.25, 0.3) is 0 Å². The number of amides is 1. The summed E-state index contributed by atoms with van der Waals surface area (Å²) in [5, 5.41) is 2.78. The van der Waals surface area contributed by atoms with Crippen molar-refractivity contribution in [2.75, 3.05) is 18.4 Å². The fourth-order valence-electron chi connectivity index (χ4n) is 3.25. The summed E-state index contributed by atoms with van der Waals surface area (Å²) in [6.45, 7) is 0.926. The highest BCUT2D eigenvalue weighted by molar-refractivity contribution is 7.89. The van der Waals surface area contributed by atoms with Crippen molar-refractivity contribution in [3.05, 3.63) is 77.2 Å². The molecule has 1 aliphatic rings. The first-order valence-corrected chi connectivity index (χ1v) is 11.7. The van der Waals surface area contributed by atoms with E-state index in [2.05, 4.69) is 10.3 Å². The molecule has 0 atom stereocenters. The number of ether oxygens (including phenoxy) is 1. The second-order valence-corrected chi connectivity index (χ2v) is 9.49.